The van der Waals surface area contributed by atoms with Crippen LogP contribution in [0.15, 0.2) is 61.2 Å². The summed E-state index contributed by atoms with van der Waals surface area (Å²) in [6, 6.07) is 14.6. The molecule has 1 aromatic carbocycles. The molecule has 1 aliphatic heterocycles. The predicted molar refractivity (Wildman–Crippen MR) is 118 cm³/mol. The van der Waals surface area contributed by atoms with Crippen molar-refractivity contribution < 1.29 is 0 Å². The predicted octanol–water partition coefficient (Wildman–Crippen LogP) is 4.42. The monoisotopic (exact) mass is 394 g/mol. The number of hydrogen-bond donors (Lipinski definition) is 2. The second-order valence-electron chi connectivity index (χ2n) is 7.59. The van der Waals surface area contributed by atoms with Crippen molar-refractivity contribution in [2.24, 2.45) is 0 Å². The van der Waals surface area contributed by atoms with Crippen LogP contribution >= 0.6 is 0 Å². The highest BCUT2D eigenvalue weighted by molar-refractivity contribution is 5.97. The summed E-state index contributed by atoms with van der Waals surface area (Å²) in [5, 5.41) is 18.6. The number of pyridine rings is 1. The summed E-state index contributed by atoms with van der Waals surface area (Å²) in [5.74, 6) is 0. The van der Waals surface area contributed by atoms with E-state index in [9.17, 15) is 5.26 Å². The quantitative estimate of drug-likeness (QED) is 0.502. The van der Waals surface area contributed by atoms with Crippen molar-refractivity contribution in [3.63, 3.8) is 0 Å². The molecule has 0 spiro atoms. The molecule has 4 aromatic rings. The molecule has 6 nitrogen and oxygen atoms in total. The van der Waals surface area contributed by atoms with Crippen LogP contribution in [0.4, 0.5) is 0 Å². The maximum absolute atomic E-state index is 9.65. The van der Waals surface area contributed by atoms with Gasteiger partial charge in [0.25, 0.3) is 0 Å². The van der Waals surface area contributed by atoms with Crippen molar-refractivity contribution >= 4 is 22.7 Å². The summed E-state index contributed by atoms with van der Waals surface area (Å²) in [4.78, 5) is 7.80. The number of hydrogen-bond acceptors (Lipinski definition) is 4. The fraction of sp³-hybridized carbons (Fsp3) is 0.208. The Bertz CT molecular complexity index is 1240. The minimum atomic E-state index is 0.450. The first kappa shape index (κ1) is 18.3. The van der Waals surface area contributed by atoms with E-state index >= 15 is 0 Å². The zero-order valence-corrected chi connectivity index (χ0v) is 16.5. The number of aromatic amines is 1. The fourth-order valence-corrected chi connectivity index (χ4v) is 4.01. The highest BCUT2D eigenvalue weighted by atomic mass is 15.3. The minimum Gasteiger partial charge on any atom is -0.346 e. The molecule has 0 bridgehead atoms. The van der Waals surface area contributed by atoms with Crippen molar-refractivity contribution in [1.29, 1.82) is 5.26 Å². The number of rotatable bonds is 4. The maximum atomic E-state index is 9.65. The van der Waals surface area contributed by atoms with Gasteiger partial charge in [-0.3, -0.25) is 4.68 Å². The Morgan fingerprint density at radius 2 is 1.97 bits per heavy atom. The molecule has 30 heavy (non-hydrogen) atoms. The average Bonchev–Trinajstić information content (AvgIpc) is 3.46. The van der Waals surface area contributed by atoms with Gasteiger partial charge in [0.15, 0.2) is 0 Å². The Morgan fingerprint density at radius 3 is 2.77 bits per heavy atom. The van der Waals surface area contributed by atoms with Crippen LogP contribution in [-0.4, -0.2) is 32.8 Å². The van der Waals surface area contributed by atoms with Gasteiger partial charge in [0.05, 0.1) is 23.9 Å². The number of allylic oxidation sites excluding steroid dienone is 1. The van der Waals surface area contributed by atoms with Gasteiger partial charge in [-0.25, -0.2) is 4.98 Å². The Hall–Kier alpha value is -3.69. The summed E-state index contributed by atoms with van der Waals surface area (Å²) in [6.07, 6.45) is 11.9. The van der Waals surface area contributed by atoms with E-state index in [4.69, 9.17) is 0 Å². The normalized spacial score (nSPS) is 15.4. The van der Waals surface area contributed by atoms with Gasteiger partial charge in [-0.2, -0.15) is 10.4 Å². The smallest absolute Gasteiger partial charge is 0.137 e. The molecule has 0 amide bonds. The zero-order valence-electron chi connectivity index (χ0n) is 16.5. The van der Waals surface area contributed by atoms with Crippen LogP contribution in [0.1, 0.15) is 30.0 Å². The van der Waals surface area contributed by atoms with Crippen molar-refractivity contribution in [1.82, 2.24) is 25.1 Å². The molecular formula is C24H22N6. The number of aromatic nitrogens is 4. The van der Waals surface area contributed by atoms with Crippen LogP contribution in [0, 0.1) is 11.3 Å². The lowest BCUT2D eigenvalue weighted by atomic mass is 10.0. The summed E-state index contributed by atoms with van der Waals surface area (Å²) in [5.41, 5.74) is 5.37. The molecule has 1 saturated heterocycles. The summed E-state index contributed by atoms with van der Waals surface area (Å²) >= 11 is 0. The second-order valence-corrected chi connectivity index (χ2v) is 7.59. The largest absolute Gasteiger partial charge is 0.346 e. The maximum Gasteiger partial charge on any atom is 0.137 e. The van der Waals surface area contributed by atoms with Crippen LogP contribution in [0.2, 0.25) is 0 Å². The van der Waals surface area contributed by atoms with Crippen molar-refractivity contribution in [3.8, 4) is 17.2 Å². The molecule has 0 saturated carbocycles. The van der Waals surface area contributed by atoms with Crippen molar-refractivity contribution in [2.45, 2.75) is 18.9 Å². The molecule has 2 N–H and O–H groups in total. The Morgan fingerprint density at radius 1 is 1.13 bits per heavy atom. The Balaban J connectivity index is 1.50. The Labute approximate surface area is 174 Å². The van der Waals surface area contributed by atoms with E-state index in [1.54, 1.807) is 0 Å². The molecule has 0 aliphatic carbocycles. The second kappa shape index (κ2) is 7.97. The van der Waals surface area contributed by atoms with Gasteiger partial charge in [0, 0.05) is 40.7 Å². The molecule has 148 valence electrons. The number of fused-ring (bicyclic) bond motifs is 1. The van der Waals surface area contributed by atoms with Gasteiger partial charge < -0.3 is 10.3 Å². The summed E-state index contributed by atoms with van der Waals surface area (Å²) in [7, 11) is 0. The van der Waals surface area contributed by atoms with E-state index in [-0.39, 0.29) is 0 Å². The number of nitrogens with one attached hydrogen (secondary N) is 2. The number of piperidine rings is 1. The topological polar surface area (TPSA) is 82.3 Å². The first-order valence-electron chi connectivity index (χ1n) is 10.2. The van der Waals surface area contributed by atoms with Gasteiger partial charge in [0.1, 0.15) is 5.65 Å². The van der Waals surface area contributed by atoms with Crippen molar-refractivity contribution in [2.75, 3.05) is 13.1 Å². The van der Waals surface area contributed by atoms with Gasteiger partial charge in [-0.05, 0) is 43.6 Å². The minimum absolute atomic E-state index is 0.450. The highest BCUT2D eigenvalue weighted by Crippen LogP contribution is 2.28. The molecule has 0 atom stereocenters. The Kier molecular flexibility index (Phi) is 4.88. The van der Waals surface area contributed by atoms with E-state index in [1.165, 1.54) is 0 Å². The summed E-state index contributed by atoms with van der Waals surface area (Å²) < 4.78 is 2.08. The van der Waals surface area contributed by atoms with Crippen LogP contribution in [-0.2, 0) is 0 Å². The van der Waals surface area contributed by atoms with E-state index in [2.05, 4.69) is 43.4 Å². The highest BCUT2D eigenvalue weighted by Gasteiger charge is 2.16. The molecule has 1 aliphatic rings. The van der Waals surface area contributed by atoms with Crippen LogP contribution in [0.5, 0.6) is 0 Å². The molecule has 3 aromatic heterocycles. The SMILES string of the molecule is N#CC(=Cc1c[nH]c2ncc(-c3cnn(C4CCNCC4)c3)cc12)c1ccccc1. The fourth-order valence-electron chi connectivity index (χ4n) is 4.01. The first-order chi connectivity index (χ1) is 14.8. The van der Waals surface area contributed by atoms with E-state index in [0.29, 0.717) is 11.6 Å². The molecule has 1 fully saturated rings. The van der Waals surface area contributed by atoms with E-state index in [1.807, 2.05) is 55.0 Å². The van der Waals surface area contributed by atoms with Crippen LogP contribution in [0.25, 0.3) is 33.8 Å². The van der Waals surface area contributed by atoms with Gasteiger partial charge in [-0.15, -0.1) is 0 Å². The summed E-state index contributed by atoms with van der Waals surface area (Å²) in [6.45, 7) is 2.07. The molecule has 4 heterocycles. The third kappa shape index (κ3) is 3.51. The molecule has 5 rings (SSSR count). The lowest BCUT2D eigenvalue weighted by Crippen LogP contribution is -2.29. The lowest BCUT2D eigenvalue weighted by Gasteiger charge is -2.22. The van der Waals surface area contributed by atoms with E-state index < -0.39 is 0 Å². The lowest BCUT2D eigenvalue weighted by molar-refractivity contribution is 0.343. The number of nitrogens with zero attached hydrogens (tertiary/aromatic N) is 4. The third-order valence-electron chi connectivity index (χ3n) is 5.69. The van der Waals surface area contributed by atoms with Gasteiger partial charge >= 0.3 is 0 Å². The van der Waals surface area contributed by atoms with Crippen molar-refractivity contribution in [3.05, 3.63) is 72.3 Å². The van der Waals surface area contributed by atoms with E-state index in [0.717, 1.165) is 59.2 Å². The van der Waals surface area contributed by atoms with Gasteiger partial charge in [-0.1, -0.05) is 30.3 Å². The average molecular weight is 394 g/mol. The molecule has 6 heteroatoms. The number of H-pyrrole nitrogens is 1. The standard InChI is InChI=1S/C24H22N6/c25-12-18(17-4-2-1-3-5-17)10-20-14-28-24-23(20)11-19(13-27-24)21-15-29-30(16-21)22-6-8-26-9-7-22/h1-5,10-11,13-16,22,26H,6-9H2,(H,27,28). The zero-order chi connectivity index (χ0) is 20.3. The molecular weight excluding hydrogens is 372 g/mol. The number of nitriles is 1. The molecule has 0 unspecified atom stereocenters. The molecule has 0 radical (unpaired) electrons. The third-order valence-corrected chi connectivity index (χ3v) is 5.69. The van der Waals surface area contributed by atoms with Gasteiger partial charge in [0.2, 0.25) is 0 Å². The van der Waals surface area contributed by atoms with Crippen LogP contribution < -0.4 is 5.32 Å². The van der Waals surface area contributed by atoms with Crippen LogP contribution in [0.3, 0.4) is 0 Å². The number of benzene rings is 1. The first-order valence-corrected chi connectivity index (χ1v) is 10.2.